The molecule has 0 aliphatic rings. The molecular formula is C16H17ClO2. The van der Waals surface area contributed by atoms with Gasteiger partial charge in [0.25, 0.3) is 0 Å². The third-order valence-corrected chi connectivity index (χ3v) is 4.36. The van der Waals surface area contributed by atoms with E-state index in [9.17, 15) is 9.90 Å². The van der Waals surface area contributed by atoms with Gasteiger partial charge in [-0.3, -0.25) is 4.79 Å². The molecule has 2 aromatic carbocycles. The van der Waals surface area contributed by atoms with E-state index in [-0.39, 0.29) is 0 Å². The molecule has 2 rings (SSSR count). The van der Waals surface area contributed by atoms with Gasteiger partial charge in [0.2, 0.25) is 0 Å². The van der Waals surface area contributed by atoms with E-state index in [2.05, 4.69) is 0 Å². The Bertz CT molecular complexity index is 632. The molecule has 0 saturated heterocycles. The van der Waals surface area contributed by atoms with Gasteiger partial charge in [-0.05, 0) is 28.8 Å². The maximum Gasteiger partial charge on any atom is 0.322 e. The van der Waals surface area contributed by atoms with Gasteiger partial charge in [0.05, 0.1) is 0 Å². The number of benzene rings is 2. The topological polar surface area (TPSA) is 37.3 Å². The molecule has 0 spiro atoms. The standard InChI is InChI=1S/C16H17ClO2/c1-10-8-9-11-6-4-5-7-12(11)13(10)16(2,3)14(17)15(18)19/h4-9,14H,1-3H3,(H,18,19)/t14-/m0/s1. The number of carboxylic acid groups (broad SMARTS) is 1. The Balaban J connectivity index is 2.74. The van der Waals surface area contributed by atoms with Gasteiger partial charge < -0.3 is 5.11 Å². The largest absolute Gasteiger partial charge is 0.480 e. The molecule has 0 aromatic heterocycles. The number of rotatable bonds is 3. The second-order valence-electron chi connectivity index (χ2n) is 5.40. The minimum absolute atomic E-state index is 0.641. The molecule has 0 bridgehead atoms. The lowest BCUT2D eigenvalue weighted by Gasteiger charge is -2.31. The first-order chi connectivity index (χ1) is 8.85. The highest BCUT2D eigenvalue weighted by Crippen LogP contribution is 2.37. The summed E-state index contributed by atoms with van der Waals surface area (Å²) in [6, 6.07) is 12.1. The van der Waals surface area contributed by atoms with Gasteiger partial charge in [-0.25, -0.2) is 0 Å². The highest BCUT2D eigenvalue weighted by Gasteiger charge is 2.37. The maximum atomic E-state index is 11.2. The summed E-state index contributed by atoms with van der Waals surface area (Å²) in [4.78, 5) is 11.2. The van der Waals surface area contributed by atoms with E-state index >= 15 is 0 Å². The molecule has 100 valence electrons. The molecule has 0 amide bonds. The predicted octanol–water partition coefficient (Wildman–Crippen LogP) is 4.12. The lowest BCUT2D eigenvalue weighted by Crippen LogP contribution is -2.36. The fraction of sp³-hybridized carbons (Fsp3) is 0.312. The Hall–Kier alpha value is -1.54. The van der Waals surface area contributed by atoms with Crippen LogP contribution in [0, 0.1) is 6.92 Å². The van der Waals surface area contributed by atoms with Crippen molar-refractivity contribution in [1.82, 2.24) is 0 Å². The van der Waals surface area contributed by atoms with Gasteiger partial charge in [0.1, 0.15) is 5.38 Å². The third kappa shape index (κ3) is 2.33. The van der Waals surface area contributed by atoms with Crippen LogP contribution in [0.15, 0.2) is 36.4 Å². The van der Waals surface area contributed by atoms with Crippen LogP contribution in [0.2, 0.25) is 0 Å². The predicted molar refractivity (Wildman–Crippen MR) is 79.0 cm³/mol. The number of aryl methyl sites for hydroxylation is 1. The molecule has 2 nitrogen and oxygen atoms in total. The number of carboxylic acids is 1. The smallest absolute Gasteiger partial charge is 0.322 e. The van der Waals surface area contributed by atoms with Crippen molar-refractivity contribution in [2.45, 2.75) is 31.6 Å². The number of alkyl halides is 1. The molecule has 0 saturated carbocycles. The Morgan fingerprint density at radius 1 is 1.21 bits per heavy atom. The van der Waals surface area contributed by atoms with Gasteiger partial charge >= 0.3 is 5.97 Å². The van der Waals surface area contributed by atoms with Crippen LogP contribution in [-0.2, 0) is 10.2 Å². The summed E-state index contributed by atoms with van der Waals surface area (Å²) in [6.07, 6.45) is 0. The molecular weight excluding hydrogens is 260 g/mol. The lowest BCUT2D eigenvalue weighted by atomic mass is 9.76. The average Bonchev–Trinajstić information content (AvgIpc) is 2.37. The van der Waals surface area contributed by atoms with Crippen molar-refractivity contribution in [1.29, 1.82) is 0 Å². The van der Waals surface area contributed by atoms with Crippen LogP contribution in [0.1, 0.15) is 25.0 Å². The fourth-order valence-corrected chi connectivity index (χ4v) is 2.78. The zero-order valence-corrected chi connectivity index (χ0v) is 12.0. The summed E-state index contributed by atoms with van der Waals surface area (Å²) in [5.41, 5.74) is 1.43. The van der Waals surface area contributed by atoms with E-state index in [1.807, 2.05) is 57.2 Å². The Labute approximate surface area is 118 Å². The van der Waals surface area contributed by atoms with E-state index in [0.29, 0.717) is 0 Å². The van der Waals surface area contributed by atoms with Crippen molar-refractivity contribution in [3.05, 3.63) is 47.5 Å². The zero-order valence-electron chi connectivity index (χ0n) is 11.3. The Morgan fingerprint density at radius 3 is 2.47 bits per heavy atom. The van der Waals surface area contributed by atoms with Crippen LogP contribution >= 0.6 is 11.6 Å². The van der Waals surface area contributed by atoms with E-state index in [4.69, 9.17) is 11.6 Å². The first-order valence-electron chi connectivity index (χ1n) is 6.21. The highest BCUT2D eigenvalue weighted by molar-refractivity contribution is 6.30. The van der Waals surface area contributed by atoms with Crippen LogP contribution in [0.4, 0.5) is 0 Å². The fourth-order valence-electron chi connectivity index (χ4n) is 2.67. The number of hydrogen-bond donors (Lipinski definition) is 1. The number of halogens is 1. The van der Waals surface area contributed by atoms with E-state index in [1.54, 1.807) is 0 Å². The van der Waals surface area contributed by atoms with Gasteiger partial charge in [-0.15, -0.1) is 11.6 Å². The molecule has 2 aromatic rings. The van der Waals surface area contributed by atoms with Gasteiger partial charge in [0, 0.05) is 5.41 Å². The number of fused-ring (bicyclic) bond motifs is 1. The zero-order chi connectivity index (χ0) is 14.2. The van der Waals surface area contributed by atoms with Gasteiger partial charge in [0.15, 0.2) is 0 Å². The first kappa shape index (κ1) is 13.9. The molecule has 0 aliphatic heterocycles. The van der Waals surface area contributed by atoms with Gasteiger partial charge in [-0.1, -0.05) is 50.2 Å². The summed E-state index contributed by atoms with van der Waals surface area (Å²) in [6.45, 7) is 5.76. The quantitative estimate of drug-likeness (QED) is 0.857. The number of aliphatic carboxylic acids is 1. The Morgan fingerprint density at radius 2 is 1.84 bits per heavy atom. The van der Waals surface area contributed by atoms with Crippen molar-refractivity contribution < 1.29 is 9.90 Å². The van der Waals surface area contributed by atoms with Crippen LogP contribution in [0.25, 0.3) is 10.8 Å². The lowest BCUT2D eigenvalue weighted by molar-refractivity contribution is -0.137. The molecule has 19 heavy (non-hydrogen) atoms. The first-order valence-corrected chi connectivity index (χ1v) is 6.65. The van der Waals surface area contributed by atoms with E-state index in [1.165, 1.54) is 0 Å². The molecule has 3 heteroatoms. The number of carbonyl (C=O) groups is 1. The molecule has 0 radical (unpaired) electrons. The summed E-state index contributed by atoms with van der Waals surface area (Å²) in [5.74, 6) is -0.987. The number of hydrogen-bond acceptors (Lipinski definition) is 1. The molecule has 1 atom stereocenters. The van der Waals surface area contributed by atoms with Crippen LogP contribution in [0.3, 0.4) is 0 Å². The second-order valence-corrected chi connectivity index (χ2v) is 5.84. The molecule has 0 fully saturated rings. The van der Waals surface area contributed by atoms with Crippen molar-refractivity contribution in [2.75, 3.05) is 0 Å². The van der Waals surface area contributed by atoms with Crippen molar-refractivity contribution >= 4 is 28.3 Å². The maximum absolute atomic E-state index is 11.2. The van der Waals surface area contributed by atoms with E-state index < -0.39 is 16.8 Å². The highest BCUT2D eigenvalue weighted by atomic mass is 35.5. The van der Waals surface area contributed by atoms with Crippen LogP contribution in [-0.4, -0.2) is 16.5 Å². The van der Waals surface area contributed by atoms with Crippen molar-refractivity contribution in [2.24, 2.45) is 0 Å². The Kier molecular flexibility index (Phi) is 3.55. The van der Waals surface area contributed by atoms with Crippen molar-refractivity contribution in [3.63, 3.8) is 0 Å². The third-order valence-electron chi connectivity index (χ3n) is 3.63. The summed E-state index contributed by atoms with van der Waals surface area (Å²) in [7, 11) is 0. The normalized spacial score (nSPS) is 13.5. The molecule has 1 N–H and O–H groups in total. The second kappa shape index (κ2) is 4.86. The summed E-state index contributed by atoms with van der Waals surface area (Å²) < 4.78 is 0. The minimum Gasteiger partial charge on any atom is -0.480 e. The van der Waals surface area contributed by atoms with E-state index in [0.717, 1.165) is 21.9 Å². The summed E-state index contributed by atoms with van der Waals surface area (Å²) in [5, 5.41) is 10.4. The SMILES string of the molecule is Cc1ccc2ccccc2c1C(C)(C)[C@@H](Cl)C(=O)O. The minimum atomic E-state index is -0.987. The average molecular weight is 277 g/mol. The van der Waals surface area contributed by atoms with Crippen LogP contribution < -0.4 is 0 Å². The molecule has 0 aliphatic carbocycles. The van der Waals surface area contributed by atoms with Crippen LogP contribution in [0.5, 0.6) is 0 Å². The van der Waals surface area contributed by atoms with Crippen molar-refractivity contribution in [3.8, 4) is 0 Å². The monoisotopic (exact) mass is 276 g/mol. The molecule has 0 unspecified atom stereocenters. The van der Waals surface area contributed by atoms with Gasteiger partial charge in [-0.2, -0.15) is 0 Å². The summed E-state index contributed by atoms with van der Waals surface area (Å²) >= 11 is 6.11. The molecule has 0 heterocycles.